The van der Waals surface area contributed by atoms with E-state index < -0.39 is 7.14 Å². The minimum Gasteiger partial charge on any atom is -0.309 e. The largest absolute Gasteiger partial charge is 0.309 e. The van der Waals surface area contributed by atoms with Crippen LogP contribution in [0.2, 0.25) is 0 Å². The van der Waals surface area contributed by atoms with E-state index in [-0.39, 0.29) is 0 Å². The van der Waals surface area contributed by atoms with Crippen LogP contribution in [0.25, 0.3) is 39.1 Å². The highest BCUT2D eigenvalue weighted by molar-refractivity contribution is 7.85. The van der Waals surface area contributed by atoms with Gasteiger partial charge in [-0.05, 0) is 57.0 Å². The Bertz CT molecular complexity index is 1840. The lowest BCUT2D eigenvalue weighted by atomic mass is 9.80. The number of hydrogen-bond donors (Lipinski definition) is 0. The second-order valence-electron chi connectivity index (χ2n) is 10.3. The van der Waals surface area contributed by atoms with E-state index in [1.807, 2.05) is 60.7 Å². The smallest absolute Gasteiger partial charge is 0.171 e. The predicted molar refractivity (Wildman–Crippen MR) is 172 cm³/mol. The lowest BCUT2D eigenvalue weighted by molar-refractivity contribution is 0.592. The summed E-state index contributed by atoms with van der Waals surface area (Å²) in [6, 6.07) is 47.8. The van der Waals surface area contributed by atoms with Crippen molar-refractivity contribution in [1.29, 1.82) is 0 Å². The van der Waals surface area contributed by atoms with Crippen molar-refractivity contribution in [2.75, 3.05) is 0 Å². The molecule has 0 radical (unpaired) electrons. The van der Waals surface area contributed by atoms with Crippen molar-refractivity contribution in [3.63, 3.8) is 0 Å². The van der Waals surface area contributed by atoms with Gasteiger partial charge in [-0.3, -0.25) is 0 Å². The second-order valence-corrected chi connectivity index (χ2v) is 13.1. The zero-order chi connectivity index (χ0) is 26.9. The lowest BCUT2D eigenvalue weighted by Crippen LogP contribution is -2.24. The molecule has 0 saturated heterocycles. The van der Waals surface area contributed by atoms with Crippen molar-refractivity contribution in [2.45, 2.75) is 12.8 Å². The van der Waals surface area contributed by atoms with Crippen LogP contribution in [0, 0.1) is 0 Å². The summed E-state index contributed by atoms with van der Waals surface area (Å²) in [5.74, 6) is 0. The predicted octanol–water partition coefficient (Wildman–Crippen LogP) is 8.77. The van der Waals surface area contributed by atoms with E-state index in [1.54, 1.807) is 0 Å². The molecular weight excluding hydrogens is 503 g/mol. The molecule has 0 spiro atoms. The average Bonchev–Trinajstić information content (AvgIpc) is 3.04. The first-order chi connectivity index (χ1) is 19.7. The summed E-state index contributed by atoms with van der Waals surface area (Å²) in [4.78, 5) is 0. The standard InChI is InChI=1S/C38H29OP/c39-40(30-16-6-2-7-17-30,31-18-8-3-9-19-31)32-26-24-29(25-27-32)38-35-22-12-10-20-33(35)37(28-14-4-1-5-15-28)34-21-11-13-23-36(34)38/h1-10,12-20,22-27H,11,21H2. The van der Waals surface area contributed by atoms with Crippen molar-refractivity contribution in [2.24, 2.45) is 0 Å². The van der Waals surface area contributed by atoms with Crippen LogP contribution in [-0.2, 0) is 11.0 Å². The third-order valence-corrected chi connectivity index (χ3v) is 11.1. The number of rotatable bonds is 5. The summed E-state index contributed by atoms with van der Waals surface area (Å²) in [6.45, 7) is 0. The van der Waals surface area contributed by atoms with Gasteiger partial charge in [-0.1, -0.05) is 152 Å². The van der Waals surface area contributed by atoms with E-state index in [0.717, 1.165) is 34.3 Å². The van der Waals surface area contributed by atoms with E-state index >= 15 is 0 Å². The van der Waals surface area contributed by atoms with Gasteiger partial charge >= 0.3 is 0 Å². The second kappa shape index (κ2) is 10.3. The number of allylic oxidation sites excluding steroid dienone is 1. The van der Waals surface area contributed by atoms with Gasteiger partial charge in [-0.25, -0.2) is 0 Å². The highest BCUT2D eigenvalue weighted by Gasteiger charge is 2.30. The fourth-order valence-corrected chi connectivity index (χ4v) is 8.84. The molecule has 0 unspecified atom stereocenters. The summed E-state index contributed by atoms with van der Waals surface area (Å²) in [7, 11) is -3.02. The molecule has 0 aliphatic heterocycles. The van der Waals surface area contributed by atoms with Crippen LogP contribution in [-0.4, -0.2) is 0 Å². The zero-order valence-corrected chi connectivity index (χ0v) is 23.1. The molecule has 0 N–H and O–H groups in total. The molecule has 6 aromatic rings. The van der Waals surface area contributed by atoms with Gasteiger partial charge in [0.2, 0.25) is 0 Å². The highest BCUT2D eigenvalue weighted by atomic mass is 31.2. The van der Waals surface area contributed by atoms with E-state index in [2.05, 4.69) is 91.0 Å². The number of hydrogen-bond acceptors (Lipinski definition) is 1. The van der Waals surface area contributed by atoms with E-state index in [9.17, 15) is 4.57 Å². The topological polar surface area (TPSA) is 17.1 Å². The molecule has 0 amide bonds. The number of benzene rings is 6. The summed E-state index contributed by atoms with van der Waals surface area (Å²) < 4.78 is 14.9. The van der Waals surface area contributed by atoms with Crippen molar-refractivity contribution < 1.29 is 4.57 Å². The van der Waals surface area contributed by atoms with Crippen molar-refractivity contribution >= 4 is 39.9 Å². The van der Waals surface area contributed by atoms with Crippen molar-refractivity contribution in [1.82, 2.24) is 0 Å². The normalized spacial score (nSPS) is 12.8. The molecule has 2 heteroatoms. The molecule has 1 aliphatic rings. The summed E-state index contributed by atoms with van der Waals surface area (Å²) in [5.41, 5.74) is 7.71. The van der Waals surface area contributed by atoms with Crippen LogP contribution in [0.1, 0.15) is 17.5 Å². The van der Waals surface area contributed by atoms with Crippen molar-refractivity contribution in [3.05, 3.63) is 157 Å². The average molecular weight is 533 g/mol. The van der Waals surface area contributed by atoms with Crippen LogP contribution in [0.15, 0.2) is 146 Å². The Hall–Kier alpha value is -4.45. The molecule has 0 atom stereocenters. The van der Waals surface area contributed by atoms with Gasteiger partial charge in [0.05, 0.1) is 0 Å². The Morgan fingerprint density at radius 2 is 0.950 bits per heavy atom. The van der Waals surface area contributed by atoms with E-state index in [0.29, 0.717) is 0 Å². The van der Waals surface area contributed by atoms with Crippen LogP contribution in [0.5, 0.6) is 0 Å². The number of fused-ring (bicyclic) bond motifs is 2. The van der Waals surface area contributed by atoms with Gasteiger partial charge < -0.3 is 4.57 Å². The molecular formula is C38H29OP. The summed E-state index contributed by atoms with van der Waals surface area (Å²) in [6.07, 6.45) is 6.66. The minimum atomic E-state index is -3.02. The third kappa shape index (κ3) is 4.06. The van der Waals surface area contributed by atoms with Gasteiger partial charge in [0.1, 0.15) is 0 Å². The summed E-state index contributed by atoms with van der Waals surface area (Å²) in [5, 5.41) is 5.08. The van der Waals surface area contributed by atoms with Crippen LogP contribution >= 0.6 is 7.14 Å². The lowest BCUT2D eigenvalue weighted by Gasteiger charge is -2.24. The first-order valence-electron chi connectivity index (χ1n) is 13.9. The third-order valence-electron chi connectivity index (χ3n) is 8.03. The summed E-state index contributed by atoms with van der Waals surface area (Å²) >= 11 is 0. The minimum absolute atomic E-state index is 0.850. The quantitative estimate of drug-likeness (QED) is 0.203. The molecule has 192 valence electrons. The Balaban J connectivity index is 1.44. The maximum absolute atomic E-state index is 14.9. The van der Waals surface area contributed by atoms with Gasteiger partial charge in [0, 0.05) is 15.9 Å². The molecule has 0 fully saturated rings. The fraction of sp³-hybridized carbons (Fsp3) is 0.0526. The maximum Gasteiger partial charge on any atom is 0.171 e. The molecule has 0 heterocycles. The SMILES string of the molecule is O=P(c1ccccc1)(c1ccccc1)c1ccc(-c2c3c(c(-c4ccccc4)c4ccccc24)CCC=C3)cc1. The Kier molecular flexibility index (Phi) is 6.31. The van der Waals surface area contributed by atoms with Gasteiger partial charge in [0.25, 0.3) is 0 Å². The molecule has 0 bridgehead atoms. The maximum atomic E-state index is 14.9. The van der Waals surface area contributed by atoms with Gasteiger partial charge in [-0.2, -0.15) is 0 Å². The molecule has 40 heavy (non-hydrogen) atoms. The Labute approximate surface area is 235 Å². The zero-order valence-electron chi connectivity index (χ0n) is 22.2. The molecule has 6 aromatic carbocycles. The molecule has 7 rings (SSSR count). The molecule has 0 aromatic heterocycles. The van der Waals surface area contributed by atoms with E-state index in [4.69, 9.17) is 0 Å². The molecule has 1 aliphatic carbocycles. The van der Waals surface area contributed by atoms with Crippen molar-refractivity contribution in [3.8, 4) is 22.3 Å². The highest BCUT2D eigenvalue weighted by Crippen LogP contribution is 2.46. The first kappa shape index (κ1) is 24.6. The Morgan fingerprint density at radius 1 is 0.475 bits per heavy atom. The molecule has 1 nitrogen and oxygen atoms in total. The first-order valence-corrected chi connectivity index (χ1v) is 15.6. The van der Waals surface area contributed by atoms with E-state index in [1.165, 1.54) is 38.6 Å². The van der Waals surface area contributed by atoms with Gasteiger partial charge in [0.15, 0.2) is 7.14 Å². The monoisotopic (exact) mass is 532 g/mol. The van der Waals surface area contributed by atoms with Crippen LogP contribution in [0.3, 0.4) is 0 Å². The fourth-order valence-electron chi connectivity index (χ4n) is 6.19. The van der Waals surface area contributed by atoms with Crippen LogP contribution < -0.4 is 15.9 Å². The Morgan fingerprint density at radius 3 is 1.55 bits per heavy atom. The molecule has 0 saturated carbocycles. The van der Waals surface area contributed by atoms with Gasteiger partial charge in [-0.15, -0.1) is 0 Å². The van der Waals surface area contributed by atoms with Crippen LogP contribution in [0.4, 0.5) is 0 Å².